The first-order valence-electron chi connectivity index (χ1n) is 7.16. The first kappa shape index (κ1) is 16.7. The van der Waals surface area contributed by atoms with Crippen LogP contribution in [0.2, 0.25) is 0 Å². The lowest BCUT2D eigenvalue weighted by Gasteiger charge is -2.37. The van der Waals surface area contributed by atoms with E-state index in [4.69, 9.17) is 12.6 Å². The van der Waals surface area contributed by atoms with E-state index in [1.165, 1.54) is 6.07 Å². The number of carboxylic acid groups (broad SMARTS) is 1. The van der Waals surface area contributed by atoms with Gasteiger partial charge < -0.3 is 14.7 Å². The average molecular weight is 309 g/mol. The van der Waals surface area contributed by atoms with E-state index in [1.807, 2.05) is 0 Å². The van der Waals surface area contributed by atoms with Crippen LogP contribution in [0.3, 0.4) is 0 Å². The van der Waals surface area contributed by atoms with Crippen LogP contribution >= 0.6 is 0 Å². The standard InChI is InChI=1S/C15H18BF2NO3/c1-9-12(15(20)21)6-10(16)7-13(9)19(8-14(17)18)11-2-4-22-5-3-11/h6-7,11,14H,2-5,8H2,1H3,(H,20,21). The van der Waals surface area contributed by atoms with Crippen LogP contribution in [-0.4, -0.2) is 51.1 Å². The minimum Gasteiger partial charge on any atom is -0.478 e. The molecule has 2 rings (SSSR count). The Morgan fingerprint density at radius 3 is 2.64 bits per heavy atom. The quantitative estimate of drug-likeness (QED) is 0.842. The Hall–Kier alpha value is -1.63. The Balaban J connectivity index is 2.43. The smallest absolute Gasteiger partial charge is 0.336 e. The molecule has 1 aromatic rings. The Bertz CT molecular complexity index is 548. The number of nitrogens with zero attached hydrogens (tertiary/aromatic N) is 1. The number of carbonyl (C=O) groups is 1. The van der Waals surface area contributed by atoms with E-state index in [0.717, 1.165) is 0 Å². The van der Waals surface area contributed by atoms with Gasteiger partial charge >= 0.3 is 5.97 Å². The van der Waals surface area contributed by atoms with Crippen LogP contribution in [0.5, 0.6) is 0 Å². The molecular formula is C15H18BF2NO3. The molecule has 1 saturated heterocycles. The topological polar surface area (TPSA) is 49.8 Å². The van der Waals surface area contributed by atoms with Gasteiger partial charge in [0.1, 0.15) is 7.85 Å². The molecule has 118 valence electrons. The van der Waals surface area contributed by atoms with Crippen molar-refractivity contribution in [3.63, 3.8) is 0 Å². The van der Waals surface area contributed by atoms with Crippen LogP contribution in [-0.2, 0) is 4.74 Å². The van der Waals surface area contributed by atoms with E-state index >= 15 is 0 Å². The SMILES string of the molecule is [B]c1cc(C(=O)O)c(C)c(N(CC(F)F)C2CCOCC2)c1. The molecule has 4 nitrogen and oxygen atoms in total. The van der Waals surface area contributed by atoms with Crippen LogP contribution in [0, 0.1) is 6.92 Å². The van der Waals surface area contributed by atoms with Gasteiger partial charge in [-0.2, -0.15) is 0 Å². The summed E-state index contributed by atoms with van der Waals surface area (Å²) in [5, 5.41) is 9.25. The molecule has 7 heteroatoms. The van der Waals surface area contributed by atoms with Crippen molar-refractivity contribution in [2.45, 2.75) is 32.2 Å². The summed E-state index contributed by atoms with van der Waals surface area (Å²) in [5.74, 6) is -1.12. The number of hydrogen-bond acceptors (Lipinski definition) is 3. The summed E-state index contributed by atoms with van der Waals surface area (Å²) in [6.45, 7) is 2.19. The molecule has 0 atom stereocenters. The Morgan fingerprint density at radius 1 is 1.45 bits per heavy atom. The fourth-order valence-electron chi connectivity index (χ4n) is 2.83. The number of ether oxygens (including phenoxy) is 1. The molecule has 1 aliphatic rings. The van der Waals surface area contributed by atoms with Gasteiger partial charge in [0.15, 0.2) is 0 Å². The predicted octanol–water partition coefficient (Wildman–Crippen LogP) is 1.74. The monoisotopic (exact) mass is 309 g/mol. The molecular weight excluding hydrogens is 291 g/mol. The summed E-state index contributed by atoms with van der Waals surface area (Å²) in [6, 6.07) is 2.82. The number of hydrogen-bond donors (Lipinski definition) is 1. The molecule has 1 heterocycles. The van der Waals surface area contributed by atoms with Crippen molar-refractivity contribution in [3.05, 3.63) is 23.3 Å². The molecule has 0 spiro atoms. The third-order valence-corrected chi connectivity index (χ3v) is 3.91. The highest BCUT2D eigenvalue weighted by Crippen LogP contribution is 2.28. The average Bonchev–Trinajstić information content (AvgIpc) is 2.47. The molecule has 0 aromatic heterocycles. The second-order valence-electron chi connectivity index (χ2n) is 5.40. The lowest BCUT2D eigenvalue weighted by atomic mass is 9.90. The van der Waals surface area contributed by atoms with Crippen LogP contribution in [0.15, 0.2) is 12.1 Å². The number of rotatable bonds is 5. The molecule has 0 bridgehead atoms. The molecule has 22 heavy (non-hydrogen) atoms. The van der Waals surface area contributed by atoms with Gasteiger partial charge in [-0.1, -0.05) is 11.5 Å². The number of alkyl halides is 2. The van der Waals surface area contributed by atoms with E-state index in [2.05, 4.69) is 0 Å². The van der Waals surface area contributed by atoms with Crippen molar-refractivity contribution >= 4 is 25.0 Å². The zero-order valence-electron chi connectivity index (χ0n) is 12.4. The van der Waals surface area contributed by atoms with Crippen molar-refractivity contribution in [1.29, 1.82) is 0 Å². The maximum atomic E-state index is 13.0. The van der Waals surface area contributed by atoms with Crippen LogP contribution in [0.25, 0.3) is 0 Å². The Kier molecular flexibility index (Phi) is 5.40. The third-order valence-electron chi connectivity index (χ3n) is 3.91. The number of halogens is 2. The predicted molar refractivity (Wildman–Crippen MR) is 80.7 cm³/mol. The second kappa shape index (κ2) is 7.09. The van der Waals surface area contributed by atoms with E-state index in [-0.39, 0.29) is 17.1 Å². The maximum absolute atomic E-state index is 13.0. The van der Waals surface area contributed by atoms with Crippen molar-refractivity contribution < 1.29 is 23.4 Å². The van der Waals surface area contributed by atoms with Crippen molar-refractivity contribution in [1.82, 2.24) is 0 Å². The molecule has 1 fully saturated rings. The minimum atomic E-state index is -2.52. The van der Waals surface area contributed by atoms with Gasteiger partial charge in [0, 0.05) is 24.9 Å². The molecule has 0 aliphatic carbocycles. The van der Waals surface area contributed by atoms with E-state index in [9.17, 15) is 18.7 Å². The zero-order valence-corrected chi connectivity index (χ0v) is 12.4. The maximum Gasteiger partial charge on any atom is 0.336 e. The highest BCUT2D eigenvalue weighted by molar-refractivity contribution is 6.33. The first-order valence-corrected chi connectivity index (χ1v) is 7.16. The number of carboxylic acids is 1. The summed E-state index contributed by atoms with van der Waals surface area (Å²) in [4.78, 5) is 12.9. The van der Waals surface area contributed by atoms with Gasteiger partial charge in [0.05, 0.1) is 12.1 Å². The molecule has 1 aliphatic heterocycles. The van der Waals surface area contributed by atoms with Gasteiger partial charge in [-0.05, 0) is 31.4 Å². The van der Waals surface area contributed by atoms with E-state index in [1.54, 1.807) is 17.9 Å². The second-order valence-corrected chi connectivity index (χ2v) is 5.40. The summed E-state index contributed by atoms with van der Waals surface area (Å²) in [6.07, 6.45) is -1.26. The lowest BCUT2D eigenvalue weighted by Crippen LogP contribution is -2.43. The molecule has 2 radical (unpaired) electrons. The Labute approximate surface area is 129 Å². The van der Waals surface area contributed by atoms with Gasteiger partial charge in [0.2, 0.25) is 0 Å². The lowest BCUT2D eigenvalue weighted by molar-refractivity contribution is 0.0695. The summed E-state index contributed by atoms with van der Waals surface area (Å²) < 4.78 is 31.3. The number of anilines is 1. The Morgan fingerprint density at radius 2 is 2.09 bits per heavy atom. The van der Waals surface area contributed by atoms with Gasteiger partial charge in [-0.25, -0.2) is 13.6 Å². The van der Waals surface area contributed by atoms with Gasteiger partial charge in [-0.15, -0.1) is 0 Å². The summed E-state index contributed by atoms with van der Waals surface area (Å²) in [5.41, 5.74) is 1.21. The normalized spacial score (nSPS) is 16.0. The van der Waals surface area contributed by atoms with Crippen LogP contribution in [0.1, 0.15) is 28.8 Å². The van der Waals surface area contributed by atoms with Crippen LogP contribution in [0.4, 0.5) is 14.5 Å². The summed E-state index contributed by atoms with van der Waals surface area (Å²) >= 11 is 0. The third kappa shape index (κ3) is 3.77. The first-order chi connectivity index (χ1) is 10.4. The molecule has 0 unspecified atom stereocenters. The largest absolute Gasteiger partial charge is 0.478 e. The minimum absolute atomic E-state index is 0.0429. The van der Waals surface area contributed by atoms with Gasteiger partial charge in [0.25, 0.3) is 6.43 Å². The number of aromatic carboxylic acids is 1. The fraction of sp³-hybridized carbons (Fsp3) is 0.533. The van der Waals surface area contributed by atoms with Crippen molar-refractivity contribution in [2.75, 3.05) is 24.7 Å². The summed E-state index contributed by atoms with van der Waals surface area (Å²) in [7, 11) is 5.76. The van der Waals surface area contributed by atoms with Crippen molar-refractivity contribution in [3.8, 4) is 0 Å². The molecule has 0 saturated carbocycles. The van der Waals surface area contributed by atoms with E-state index in [0.29, 0.717) is 37.3 Å². The van der Waals surface area contributed by atoms with Crippen LogP contribution < -0.4 is 10.4 Å². The van der Waals surface area contributed by atoms with E-state index < -0.39 is 18.9 Å². The highest BCUT2D eigenvalue weighted by Gasteiger charge is 2.27. The molecule has 1 N–H and O–H groups in total. The fourth-order valence-corrected chi connectivity index (χ4v) is 2.83. The number of benzene rings is 1. The van der Waals surface area contributed by atoms with Gasteiger partial charge in [-0.3, -0.25) is 0 Å². The zero-order chi connectivity index (χ0) is 16.3. The highest BCUT2D eigenvalue weighted by atomic mass is 19.3. The molecule has 0 amide bonds. The molecule has 1 aromatic carbocycles. The van der Waals surface area contributed by atoms with Crippen molar-refractivity contribution in [2.24, 2.45) is 0 Å².